The van der Waals surface area contributed by atoms with Gasteiger partial charge in [0.2, 0.25) is 0 Å². The van der Waals surface area contributed by atoms with Crippen LogP contribution in [-0.4, -0.2) is 38.9 Å². The number of hydrogen-bond acceptors (Lipinski definition) is 6. The van der Waals surface area contributed by atoms with Crippen molar-refractivity contribution in [1.82, 2.24) is 9.13 Å². The molecule has 2 aromatic rings. The van der Waals surface area contributed by atoms with E-state index in [2.05, 4.69) is 0 Å². The van der Waals surface area contributed by atoms with Crippen LogP contribution in [0, 0.1) is 0 Å². The molecule has 1 aliphatic carbocycles. The van der Waals surface area contributed by atoms with Gasteiger partial charge in [-0.15, -0.1) is 0 Å². The minimum absolute atomic E-state index is 0.0298. The normalized spacial score (nSPS) is 14.3. The number of nitrogens with zero attached hydrogens (tertiary/aromatic N) is 2. The van der Waals surface area contributed by atoms with Gasteiger partial charge < -0.3 is 14.6 Å². The maximum atomic E-state index is 13.7. The number of hydrogen-bond donors (Lipinski definition) is 1. The van der Waals surface area contributed by atoms with Gasteiger partial charge in [-0.05, 0) is 52.7 Å². The molecule has 1 atom stereocenters. The maximum absolute atomic E-state index is 13.7. The summed E-state index contributed by atoms with van der Waals surface area (Å²) in [5.74, 6) is -1.90. The zero-order valence-corrected chi connectivity index (χ0v) is 21.0. The fraction of sp³-hybridized carbons (Fsp3) is 0.462. The molecule has 0 saturated carbocycles. The Bertz CT molecular complexity index is 1280. The second-order valence-corrected chi connectivity index (χ2v) is 9.30. The summed E-state index contributed by atoms with van der Waals surface area (Å²) in [5, 5.41) is 9.82. The summed E-state index contributed by atoms with van der Waals surface area (Å²) in [7, 11) is 0. The molecule has 0 fully saturated rings. The second kappa shape index (κ2) is 10.0. The highest BCUT2D eigenvalue weighted by Gasteiger charge is 2.39. The minimum Gasteiger partial charge on any atom is -0.480 e. The van der Waals surface area contributed by atoms with E-state index in [1.807, 2.05) is 44.2 Å². The molecule has 0 radical (unpaired) electrons. The molecule has 0 spiro atoms. The van der Waals surface area contributed by atoms with Gasteiger partial charge in [0.05, 0.1) is 24.8 Å². The first-order valence-corrected chi connectivity index (χ1v) is 11.6. The standard InChI is InChI=1S/C26H32N2O7/c1-7-34-23(30)18-13-19-21(16(18)4)22(29)28(26(5,6)24(31)32)25(33)27(19)14-20(35-15(2)3)17-11-9-8-10-12-17/h8-12,15,20H,7,13-14H2,1-6H3,(H,31,32)/t20-/m0/s1. The molecule has 1 aliphatic rings. The van der Waals surface area contributed by atoms with Crippen molar-refractivity contribution in [3.63, 3.8) is 0 Å². The Morgan fingerprint density at radius 2 is 1.77 bits per heavy atom. The van der Waals surface area contributed by atoms with Crippen molar-refractivity contribution in [3.05, 3.63) is 73.6 Å². The molecule has 35 heavy (non-hydrogen) atoms. The molecule has 9 heteroatoms. The zero-order valence-electron chi connectivity index (χ0n) is 21.0. The van der Waals surface area contributed by atoms with Gasteiger partial charge in [-0.25, -0.2) is 19.0 Å². The third-order valence-electron chi connectivity index (χ3n) is 6.19. The number of benzene rings is 1. The maximum Gasteiger partial charge on any atom is 0.334 e. The minimum atomic E-state index is -1.82. The smallest absolute Gasteiger partial charge is 0.334 e. The summed E-state index contributed by atoms with van der Waals surface area (Å²) in [5.41, 5.74) is -1.35. The van der Waals surface area contributed by atoms with Gasteiger partial charge >= 0.3 is 17.6 Å². The highest BCUT2D eigenvalue weighted by molar-refractivity contribution is 6.00. The van der Waals surface area contributed by atoms with Crippen molar-refractivity contribution in [2.24, 2.45) is 0 Å². The van der Waals surface area contributed by atoms with E-state index in [0.717, 1.165) is 10.1 Å². The Hall–Kier alpha value is -3.46. The van der Waals surface area contributed by atoms with Crippen molar-refractivity contribution in [2.45, 2.75) is 72.3 Å². The van der Waals surface area contributed by atoms with Gasteiger partial charge in [0.1, 0.15) is 11.6 Å². The van der Waals surface area contributed by atoms with Crippen LogP contribution in [0.1, 0.15) is 64.5 Å². The summed E-state index contributed by atoms with van der Waals surface area (Å²) in [6.07, 6.45) is -0.689. The summed E-state index contributed by atoms with van der Waals surface area (Å²) in [6.45, 7) is 9.84. The summed E-state index contributed by atoms with van der Waals surface area (Å²) < 4.78 is 13.4. The first-order valence-electron chi connectivity index (χ1n) is 11.6. The van der Waals surface area contributed by atoms with Crippen LogP contribution in [0.15, 0.2) is 45.5 Å². The van der Waals surface area contributed by atoms with E-state index in [1.165, 1.54) is 18.4 Å². The molecule has 1 aromatic heterocycles. The molecule has 0 aliphatic heterocycles. The average Bonchev–Trinajstić information content (AvgIpc) is 3.13. The number of ether oxygens (including phenoxy) is 2. The lowest BCUT2D eigenvalue weighted by Crippen LogP contribution is -2.54. The predicted octanol–water partition coefficient (Wildman–Crippen LogP) is 2.89. The third-order valence-corrected chi connectivity index (χ3v) is 6.19. The van der Waals surface area contributed by atoms with Crippen LogP contribution >= 0.6 is 0 Å². The Balaban J connectivity index is 2.29. The van der Waals surface area contributed by atoms with Crippen molar-refractivity contribution in [2.75, 3.05) is 6.61 Å². The number of aliphatic carboxylic acids is 1. The molecular formula is C26H32N2O7. The van der Waals surface area contributed by atoms with Crippen molar-refractivity contribution in [1.29, 1.82) is 0 Å². The first-order chi connectivity index (χ1) is 16.4. The van der Waals surface area contributed by atoms with Crippen molar-refractivity contribution in [3.8, 4) is 0 Å². The van der Waals surface area contributed by atoms with Crippen LogP contribution in [0.5, 0.6) is 0 Å². The zero-order chi connectivity index (χ0) is 26.1. The SMILES string of the molecule is CCOC(=O)C1=C(C)c2c(n(C[C@H](OC(C)C)c3ccccc3)c(=O)n(C(C)(C)C(=O)O)c2=O)C1. The molecule has 0 unspecified atom stereocenters. The summed E-state index contributed by atoms with van der Waals surface area (Å²) >= 11 is 0. The number of esters is 1. The number of allylic oxidation sites excluding steroid dienone is 1. The summed E-state index contributed by atoms with van der Waals surface area (Å²) in [6, 6.07) is 9.34. The Morgan fingerprint density at radius 1 is 1.14 bits per heavy atom. The van der Waals surface area contributed by atoms with Gasteiger partial charge in [-0.1, -0.05) is 30.3 Å². The highest BCUT2D eigenvalue weighted by Crippen LogP contribution is 2.32. The van der Waals surface area contributed by atoms with Crippen LogP contribution < -0.4 is 11.2 Å². The molecule has 3 rings (SSSR count). The monoisotopic (exact) mass is 484 g/mol. The van der Waals surface area contributed by atoms with E-state index < -0.39 is 34.8 Å². The number of carbonyl (C=O) groups is 2. The molecule has 0 amide bonds. The van der Waals surface area contributed by atoms with Crippen LogP contribution in [0.4, 0.5) is 0 Å². The van der Waals surface area contributed by atoms with Crippen LogP contribution in [0.25, 0.3) is 5.57 Å². The molecule has 0 bridgehead atoms. The Morgan fingerprint density at radius 3 is 2.31 bits per heavy atom. The largest absolute Gasteiger partial charge is 0.480 e. The Kier molecular flexibility index (Phi) is 7.50. The van der Waals surface area contributed by atoms with Crippen molar-refractivity contribution >= 4 is 17.5 Å². The van der Waals surface area contributed by atoms with Gasteiger partial charge in [-0.3, -0.25) is 9.36 Å². The lowest BCUT2D eigenvalue weighted by atomic mass is 10.0. The number of rotatable bonds is 9. The molecule has 1 aromatic carbocycles. The fourth-order valence-corrected chi connectivity index (χ4v) is 4.31. The van der Waals surface area contributed by atoms with E-state index in [1.54, 1.807) is 13.8 Å². The molecule has 9 nitrogen and oxygen atoms in total. The molecule has 188 valence electrons. The second-order valence-electron chi connectivity index (χ2n) is 9.30. The van der Waals surface area contributed by atoms with E-state index in [9.17, 15) is 24.3 Å². The van der Waals surface area contributed by atoms with E-state index in [4.69, 9.17) is 9.47 Å². The molecule has 0 saturated heterocycles. The molecule has 1 heterocycles. The number of carbonyl (C=O) groups excluding carboxylic acids is 1. The predicted molar refractivity (Wildman–Crippen MR) is 130 cm³/mol. The lowest BCUT2D eigenvalue weighted by Gasteiger charge is -2.27. The number of fused-ring (bicyclic) bond motifs is 1. The number of carboxylic acids is 1. The van der Waals surface area contributed by atoms with Crippen LogP contribution in [-0.2, 0) is 37.6 Å². The fourth-order valence-electron chi connectivity index (χ4n) is 4.31. The van der Waals surface area contributed by atoms with Crippen LogP contribution in [0.2, 0.25) is 0 Å². The molecular weight excluding hydrogens is 452 g/mol. The van der Waals surface area contributed by atoms with Crippen molar-refractivity contribution < 1.29 is 24.2 Å². The van der Waals surface area contributed by atoms with E-state index in [0.29, 0.717) is 11.3 Å². The van der Waals surface area contributed by atoms with Crippen LogP contribution in [0.3, 0.4) is 0 Å². The highest BCUT2D eigenvalue weighted by atomic mass is 16.5. The number of carboxylic acid groups (broad SMARTS) is 1. The van der Waals surface area contributed by atoms with E-state index >= 15 is 0 Å². The first kappa shape index (κ1) is 26.2. The topological polar surface area (TPSA) is 117 Å². The van der Waals surface area contributed by atoms with Gasteiger partial charge in [0, 0.05) is 17.7 Å². The Labute approximate surface area is 203 Å². The number of aromatic nitrogens is 2. The third kappa shape index (κ3) is 4.86. The quantitative estimate of drug-likeness (QED) is 0.544. The lowest BCUT2D eigenvalue weighted by molar-refractivity contribution is -0.146. The summed E-state index contributed by atoms with van der Waals surface area (Å²) in [4.78, 5) is 51.9. The van der Waals surface area contributed by atoms with E-state index in [-0.39, 0.29) is 36.8 Å². The molecule has 1 N–H and O–H groups in total. The average molecular weight is 485 g/mol. The van der Waals surface area contributed by atoms with Gasteiger partial charge in [0.25, 0.3) is 5.56 Å². The van der Waals surface area contributed by atoms with Gasteiger partial charge in [0.15, 0.2) is 0 Å². The van der Waals surface area contributed by atoms with Gasteiger partial charge in [-0.2, -0.15) is 0 Å².